The van der Waals surface area contributed by atoms with Gasteiger partial charge in [0.1, 0.15) is 5.75 Å². The maximum atomic E-state index is 5.32. The van der Waals surface area contributed by atoms with E-state index in [9.17, 15) is 0 Å². The number of hydrogen-bond donors (Lipinski definition) is 1. The van der Waals surface area contributed by atoms with E-state index in [1.807, 2.05) is 30.3 Å². The molecule has 3 heterocycles. The molecular formula is C23H19N3OS. The van der Waals surface area contributed by atoms with Crippen molar-refractivity contribution in [1.29, 1.82) is 0 Å². The molecule has 0 bridgehead atoms. The van der Waals surface area contributed by atoms with Crippen molar-refractivity contribution >= 4 is 23.0 Å². The maximum Gasteiger partial charge on any atom is 0.208 e. The normalized spacial score (nSPS) is 15.5. The van der Waals surface area contributed by atoms with Crippen molar-refractivity contribution < 1.29 is 4.74 Å². The molecule has 4 nitrogen and oxygen atoms in total. The average Bonchev–Trinajstić information content (AvgIpc) is 3.44. The number of anilines is 1. The molecule has 1 aliphatic heterocycles. The fourth-order valence-electron chi connectivity index (χ4n) is 3.48. The minimum absolute atomic E-state index is 0.0595. The predicted octanol–water partition coefficient (Wildman–Crippen LogP) is 5.68. The fourth-order valence-corrected chi connectivity index (χ4v) is 4.19. The third kappa shape index (κ3) is 3.00. The number of nitrogens with zero attached hydrogens (tertiary/aromatic N) is 2. The minimum Gasteiger partial charge on any atom is -0.497 e. The SMILES string of the molecule is COc1ccc([C@@H]2C=C(c3cccs3)Nc3nc(-c4ccccc4)cn32)cc1. The summed E-state index contributed by atoms with van der Waals surface area (Å²) in [7, 11) is 1.69. The lowest BCUT2D eigenvalue weighted by Gasteiger charge is -2.25. The summed E-state index contributed by atoms with van der Waals surface area (Å²) in [6.45, 7) is 0. The van der Waals surface area contributed by atoms with Gasteiger partial charge in [0, 0.05) is 11.8 Å². The van der Waals surface area contributed by atoms with Gasteiger partial charge in [0.15, 0.2) is 0 Å². The number of rotatable bonds is 4. The summed E-state index contributed by atoms with van der Waals surface area (Å²) in [5.74, 6) is 1.71. The lowest BCUT2D eigenvalue weighted by molar-refractivity contribution is 0.414. The molecule has 0 amide bonds. The van der Waals surface area contributed by atoms with Crippen LogP contribution >= 0.6 is 11.3 Å². The van der Waals surface area contributed by atoms with Crippen LogP contribution in [0.25, 0.3) is 17.0 Å². The molecule has 0 fully saturated rings. The molecule has 0 saturated carbocycles. The van der Waals surface area contributed by atoms with Crippen LogP contribution in [0, 0.1) is 0 Å². The van der Waals surface area contributed by atoms with Crippen LogP contribution in [0.4, 0.5) is 5.95 Å². The van der Waals surface area contributed by atoms with Gasteiger partial charge in [-0.3, -0.25) is 0 Å². The summed E-state index contributed by atoms with van der Waals surface area (Å²) in [6, 6.07) is 22.8. The molecule has 28 heavy (non-hydrogen) atoms. The van der Waals surface area contributed by atoms with Crippen LogP contribution in [-0.2, 0) is 0 Å². The Bertz CT molecular complexity index is 1110. The highest BCUT2D eigenvalue weighted by molar-refractivity contribution is 7.11. The Balaban J connectivity index is 1.61. The topological polar surface area (TPSA) is 39.1 Å². The summed E-state index contributed by atoms with van der Waals surface area (Å²) in [5, 5.41) is 5.60. The highest BCUT2D eigenvalue weighted by Gasteiger charge is 2.24. The minimum atomic E-state index is 0.0595. The second-order valence-electron chi connectivity index (χ2n) is 6.62. The van der Waals surface area contributed by atoms with Gasteiger partial charge >= 0.3 is 0 Å². The molecule has 138 valence electrons. The van der Waals surface area contributed by atoms with Gasteiger partial charge in [-0.05, 0) is 35.2 Å². The van der Waals surface area contributed by atoms with Crippen molar-refractivity contribution in [2.75, 3.05) is 12.4 Å². The Kier molecular flexibility index (Phi) is 4.22. The number of nitrogens with one attached hydrogen (secondary N) is 1. The van der Waals surface area contributed by atoms with E-state index in [1.54, 1.807) is 18.4 Å². The molecule has 1 atom stereocenters. The first-order chi connectivity index (χ1) is 13.8. The smallest absolute Gasteiger partial charge is 0.208 e. The van der Waals surface area contributed by atoms with Crippen molar-refractivity contribution in [3.8, 4) is 17.0 Å². The van der Waals surface area contributed by atoms with Crippen molar-refractivity contribution in [2.45, 2.75) is 6.04 Å². The number of fused-ring (bicyclic) bond motifs is 1. The molecule has 0 aliphatic carbocycles. The molecule has 2 aromatic carbocycles. The molecule has 0 unspecified atom stereocenters. The van der Waals surface area contributed by atoms with Crippen LogP contribution in [-0.4, -0.2) is 16.7 Å². The van der Waals surface area contributed by atoms with Gasteiger partial charge in [-0.1, -0.05) is 48.5 Å². The molecule has 5 heteroatoms. The number of aromatic nitrogens is 2. The van der Waals surface area contributed by atoms with Crippen LogP contribution in [0.2, 0.25) is 0 Å². The van der Waals surface area contributed by atoms with Crippen LogP contribution in [0.15, 0.2) is 84.4 Å². The Labute approximate surface area is 167 Å². The van der Waals surface area contributed by atoms with Crippen LogP contribution < -0.4 is 10.1 Å². The van der Waals surface area contributed by atoms with E-state index in [2.05, 4.69) is 63.9 Å². The van der Waals surface area contributed by atoms with Gasteiger partial charge in [0.25, 0.3) is 0 Å². The zero-order valence-electron chi connectivity index (χ0n) is 15.4. The standard InChI is InChI=1S/C23H19N3OS/c1-27-18-11-9-17(10-12-18)21-14-19(22-8-5-13-28-22)24-23-25-20(15-26(21)23)16-6-3-2-4-7-16/h2-15,21H,1H3,(H,24,25)/t21-/m0/s1. The van der Waals surface area contributed by atoms with Crippen molar-refractivity contribution in [2.24, 2.45) is 0 Å². The molecule has 4 aromatic rings. The van der Waals surface area contributed by atoms with E-state index in [0.29, 0.717) is 0 Å². The van der Waals surface area contributed by atoms with Gasteiger partial charge in [0.2, 0.25) is 5.95 Å². The van der Waals surface area contributed by atoms with E-state index < -0.39 is 0 Å². The number of allylic oxidation sites excluding steroid dienone is 1. The van der Waals surface area contributed by atoms with Crippen molar-refractivity contribution in [3.63, 3.8) is 0 Å². The number of benzene rings is 2. The van der Waals surface area contributed by atoms with Gasteiger partial charge in [-0.25, -0.2) is 4.98 Å². The Morgan fingerprint density at radius 1 is 1.00 bits per heavy atom. The van der Waals surface area contributed by atoms with Crippen LogP contribution in [0.3, 0.4) is 0 Å². The number of ether oxygens (including phenoxy) is 1. The second kappa shape index (κ2) is 7.02. The Hall–Kier alpha value is -3.31. The zero-order valence-corrected chi connectivity index (χ0v) is 16.2. The molecule has 2 aromatic heterocycles. The molecule has 1 N–H and O–H groups in total. The highest BCUT2D eigenvalue weighted by Crippen LogP contribution is 2.36. The first-order valence-electron chi connectivity index (χ1n) is 9.13. The largest absolute Gasteiger partial charge is 0.497 e. The predicted molar refractivity (Wildman–Crippen MR) is 115 cm³/mol. The van der Waals surface area contributed by atoms with Gasteiger partial charge in [0.05, 0.1) is 29.4 Å². The summed E-state index contributed by atoms with van der Waals surface area (Å²) in [6.07, 6.45) is 4.38. The molecule has 0 saturated heterocycles. The molecule has 0 spiro atoms. The number of thiophene rings is 1. The summed E-state index contributed by atoms with van der Waals surface area (Å²) in [4.78, 5) is 6.08. The quantitative estimate of drug-likeness (QED) is 0.491. The molecule has 1 aliphatic rings. The summed E-state index contributed by atoms with van der Waals surface area (Å²) in [5.41, 5.74) is 4.35. The highest BCUT2D eigenvalue weighted by atomic mass is 32.1. The van der Waals surface area contributed by atoms with E-state index in [0.717, 1.165) is 28.7 Å². The zero-order chi connectivity index (χ0) is 18.9. The lowest BCUT2D eigenvalue weighted by Crippen LogP contribution is -2.18. The average molecular weight is 385 g/mol. The van der Waals surface area contributed by atoms with Gasteiger partial charge in [-0.15, -0.1) is 11.3 Å². The Morgan fingerprint density at radius 2 is 1.82 bits per heavy atom. The molecule has 0 radical (unpaired) electrons. The van der Waals surface area contributed by atoms with Crippen molar-refractivity contribution in [3.05, 3.63) is 94.8 Å². The molecule has 5 rings (SSSR count). The first kappa shape index (κ1) is 16.8. The summed E-state index contributed by atoms with van der Waals surface area (Å²) >= 11 is 1.72. The number of hydrogen-bond acceptors (Lipinski definition) is 4. The monoisotopic (exact) mass is 385 g/mol. The van der Waals surface area contributed by atoms with Crippen molar-refractivity contribution in [1.82, 2.24) is 9.55 Å². The first-order valence-corrected chi connectivity index (χ1v) is 10.0. The van der Waals surface area contributed by atoms with E-state index in [1.165, 1.54) is 10.4 Å². The van der Waals surface area contributed by atoms with Crippen LogP contribution in [0.5, 0.6) is 5.75 Å². The molecular weight excluding hydrogens is 366 g/mol. The van der Waals surface area contributed by atoms with E-state index in [-0.39, 0.29) is 6.04 Å². The van der Waals surface area contributed by atoms with Gasteiger partial charge in [-0.2, -0.15) is 0 Å². The number of imidazole rings is 1. The van der Waals surface area contributed by atoms with E-state index in [4.69, 9.17) is 9.72 Å². The van der Waals surface area contributed by atoms with E-state index >= 15 is 0 Å². The lowest BCUT2D eigenvalue weighted by atomic mass is 10.0. The second-order valence-corrected chi connectivity index (χ2v) is 7.57. The van der Waals surface area contributed by atoms with Gasteiger partial charge < -0.3 is 14.6 Å². The Morgan fingerprint density at radius 3 is 2.54 bits per heavy atom. The maximum absolute atomic E-state index is 5.32. The fraction of sp³-hybridized carbons (Fsp3) is 0.0870. The third-order valence-corrected chi connectivity index (χ3v) is 5.82. The van der Waals surface area contributed by atoms with Crippen LogP contribution in [0.1, 0.15) is 16.5 Å². The number of methoxy groups -OCH3 is 1. The summed E-state index contributed by atoms with van der Waals surface area (Å²) < 4.78 is 7.52. The third-order valence-electron chi connectivity index (χ3n) is 4.92.